The highest BCUT2D eigenvalue weighted by Gasteiger charge is 2.36. The average Bonchev–Trinajstić information content (AvgIpc) is 3.29. The highest BCUT2D eigenvalue weighted by molar-refractivity contribution is 5.99. The number of benzene rings is 2. The van der Waals surface area contributed by atoms with E-state index in [1.165, 1.54) is 0 Å². The second-order valence-electron chi connectivity index (χ2n) is 8.96. The van der Waals surface area contributed by atoms with Gasteiger partial charge in [-0.3, -0.25) is 14.4 Å². The molecule has 0 saturated carbocycles. The number of ether oxygens (including phenoxy) is 1. The zero-order valence-corrected chi connectivity index (χ0v) is 18.7. The van der Waals surface area contributed by atoms with Crippen molar-refractivity contribution in [1.82, 2.24) is 4.90 Å². The van der Waals surface area contributed by atoms with E-state index in [0.717, 1.165) is 56.6 Å². The van der Waals surface area contributed by atoms with Gasteiger partial charge in [0.1, 0.15) is 5.75 Å². The monoisotopic (exact) mass is 447 g/mol. The van der Waals surface area contributed by atoms with Crippen LogP contribution < -0.4 is 14.5 Å². The molecule has 2 aromatic rings. The van der Waals surface area contributed by atoms with Crippen LogP contribution >= 0.6 is 0 Å². The summed E-state index contributed by atoms with van der Waals surface area (Å²) < 4.78 is 6.04. The van der Waals surface area contributed by atoms with Gasteiger partial charge < -0.3 is 19.4 Å². The summed E-state index contributed by atoms with van der Waals surface area (Å²) in [5.74, 6) is 0.595. The maximum atomic E-state index is 13.3. The SMILES string of the molecule is O=C([C@H]1CN(C(=O)Cc2ccc(N3CCCC3=O)cc2)c2ccccc2O1)N1CCCCC1. The molecule has 0 unspecified atom stereocenters. The number of amides is 3. The lowest BCUT2D eigenvalue weighted by Gasteiger charge is -2.37. The molecule has 0 aromatic heterocycles. The first-order chi connectivity index (χ1) is 16.1. The fourth-order valence-electron chi connectivity index (χ4n) is 4.90. The standard InChI is InChI=1S/C26H29N3O4/c30-24-9-6-16-28(24)20-12-10-19(11-13-20)17-25(31)29-18-23(26(32)27-14-4-1-5-15-27)33-22-8-3-2-7-21(22)29/h2-3,7-8,10-13,23H,1,4-6,9,14-18H2/t23-/m1/s1. The zero-order chi connectivity index (χ0) is 22.8. The largest absolute Gasteiger partial charge is 0.476 e. The summed E-state index contributed by atoms with van der Waals surface area (Å²) in [6, 6.07) is 15.0. The van der Waals surface area contributed by atoms with Crippen LogP contribution in [-0.2, 0) is 20.8 Å². The van der Waals surface area contributed by atoms with E-state index < -0.39 is 6.10 Å². The minimum atomic E-state index is -0.689. The van der Waals surface area contributed by atoms with E-state index in [1.807, 2.05) is 53.4 Å². The maximum Gasteiger partial charge on any atom is 0.265 e. The smallest absolute Gasteiger partial charge is 0.265 e. The number of fused-ring (bicyclic) bond motifs is 1. The number of anilines is 2. The zero-order valence-electron chi connectivity index (χ0n) is 18.7. The van der Waals surface area contributed by atoms with Gasteiger partial charge in [-0.05, 0) is 55.5 Å². The van der Waals surface area contributed by atoms with Crippen molar-refractivity contribution in [3.8, 4) is 5.75 Å². The number of para-hydroxylation sites is 2. The summed E-state index contributed by atoms with van der Waals surface area (Å²) in [4.78, 5) is 43.8. The lowest BCUT2D eigenvalue weighted by atomic mass is 10.1. The molecular formula is C26H29N3O4. The van der Waals surface area contributed by atoms with Gasteiger partial charge >= 0.3 is 0 Å². The number of carbonyl (C=O) groups is 3. The van der Waals surface area contributed by atoms with Gasteiger partial charge in [0.15, 0.2) is 6.10 Å². The van der Waals surface area contributed by atoms with Gasteiger partial charge in [-0.25, -0.2) is 0 Å². The third-order valence-corrected chi connectivity index (χ3v) is 6.69. The lowest BCUT2D eigenvalue weighted by molar-refractivity contribution is -0.139. The Kier molecular flexibility index (Phi) is 6.03. The molecule has 172 valence electrons. The van der Waals surface area contributed by atoms with Crippen LogP contribution in [-0.4, -0.2) is 54.9 Å². The molecule has 3 amide bonds. The number of likely N-dealkylation sites (tertiary alicyclic amines) is 1. The Morgan fingerprint density at radius 3 is 2.39 bits per heavy atom. The lowest BCUT2D eigenvalue weighted by Crippen LogP contribution is -2.53. The Balaban J connectivity index is 1.32. The maximum absolute atomic E-state index is 13.3. The van der Waals surface area contributed by atoms with E-state index in [2.05, 4.69) is 0 Å². The molecule has 1 atom stereocenters. The van der Waals surface area contributed by atoms with E-state index in [0.29, 0.717) is 17.9 Å². The Hall–Kier alpha value is -3.35. The first kappa shape index (κ1) is 21.5. The van der Waals surface area contributed by atoms with Gasteiger partial charge in [-0.15, -0.1) is 0 Å². The quantitative estimate of drug-likeness (QED) is 0.722. The second kappa shape index (κ2) is 9.25. The molecule has 5 rings (SSSR count). The molecule has 0 aliphatic carbocycles. The van der Waals surface area contributed by atoms with E-state index >= 15 is 0 Å². The molecule has 3 heterocycles. The molecule has 2 fully saturated rings. The van der Waals surface area contributed by atoms with Gasteiger partial charge in [0.05, 0.1) is 18.7 Å². The van der Waals surface area contributed by atoms with Crippen LogP contribution in [0.3, 0.4) is 0 Å². The molecule has 0 bridgehead atoms. The van der Waals surface area contributed by atoms with Crippen LogP contribution in [0.25, 0.3) is 0 Å². The molecule has 0 N–H and O–H groups in total. The molecule has 33 heavy (non-hydrogen) atoms. The van der Waals surface area contributed by atoms with Crippen LogP contribution in [0, 0.1) is 0 Å². The first-order valence-electron chi connectivity index (χ1n) is 11.8. The molecule has 7 heteroatoms. The highest BCUT2D eigenvalue weighted by Crippen LogP contribution is 2.34. The van der Waals surface area contributed by atoms with Crippen molar-refractivity contribution in [2.45, 2.75) is 44.6 Å². The Labute approximate surface area is 193 Å². The number of carbonyl (C=O) groups excluding carboxylic acids is 3. The minimum Gasteiger partial charge on any atom is -0.476 e. The summed E-state index contributed by atoms with van der Waals surface area (Å²) >= 11 is 0. The highest BCUT2D eigenvalue weighted by atomic mass is 16.5. The van der Waals surface area contributed by atoms with Crippen molar-refractivity contribution >= 4 is 29.1 Å². The molecular weight excluding hydrogens is 418 g/mol. The first-order valence-corrected chi connectivity index (χ1v) is 11.8. The van der Waals surface area contributed by atoms with E-state index in [4.69, 9.17) is 4.74 Å². The van der Waals surface area contributed by atoms with Crippen molar-refractivity contribution in [1.29, 1.82) is 0 Å². The van der Waals surface area contributed by atoms with Gasteiger partial charge in [-0.2, -0.15) is 0 Å². The van der Waals surface area contributed by atoms with Crippen molar-refractivity contribution in [3.05, 3.63) is 54.1 Å². The third-order valence-electron chi connectivity index (χ3n) is 6.69. The normalized spacial score (nSPS) is 20.4. The number of piperidine rings is 1. The van der Waals surface area contributed by atoms with Crippen LogP contribution in [0.4, 0.5) is 11.4 Å². The third kappa shape index (κ3) is 4.45. The van der Waals surface area contributed by atoms with Crippen LogP contribution in [0.5, 0.6) is 5.75 Å². The van der Waals surface area contributed by atoms with Gasteiger partial charge in [0.2, 0.25) is 11.8 Å². The molecule has 0 spiro atoms. The van der Waals surface area contributed by atoms with Crippen molar-refractivity contribution in [3.63, 3.8) is 0 Å². The number of rotatable bonds is 4. The average molecular weight is 448 g/mol. The van der Waals surface area contributed by atoms with Crippen LogP contribution in [0.1, 0.15) is 37.7 Å². The Morgan fingerprint density at radius 2 is 1.67 bits per heavy atom. The number of nitrogens with zero attached hydrogens (tertiary/aromatic N) is 3. The summed E-state index contributed by atoms with van der Waals surface area (Å²) in [5, 5.41) is 0. The van der Waals surface area contributed by atoms with Crippen LogP contribution in [0.2, 0.25) is 0 Å². The number of hydrogen-bond donors (Lipinski definition) is 0. The van der Waals surface area contributed by atoms with Crippen molar-refractivity contribution in [2.24, 2.45) is 0 Å². The summed E-state index contributed by atoms with van der Waals surface area (Å²) in [5.41, 5.74) is 2.44. The second-order valence-corrected chi connectivity index (χ2v) is 8.96. The van der Waals surface area contributed by atoms with Crippen molar-refractivity contribution < 1.29 is 19.1 Å². The van der Waals surface area contributed by atoms with Gasteiger partial charge in [0, 0.05) is 31.7 Å². The molecule has 0 radical (unpaired) electrons. The summed E-state index contributed by atoms with van der Waals surface area (Å²) in [6.07, 6.45) is 4.17. The van der Waals surface area contributed by atoms with Gasteiger partial charge in [0.25, 0.3) is 5.91 Å². The van der Waals surface area contributed by atoms with Crippen molar-refractivity contribution in [2.75, 3.05) is 36.0 Å². The summed E-state index contributed by atoms with van der Waals surface area (Å²) in [6.45, 7) is 2.46. The Bertz CT molecular complexity index is 1050. The predicted octanol–water partition coefficient (Wildman–Crippen LogP) is 3.16. The van der Waals surface area contributed by atoms with Crippen LogP contribution in [0.15, 0.2) is 48.5 Å². The molecule has 3 aliphatic heterocycles. The fourth-order valence-corrected chi connectivity index (χ4v) is 4.90. The molecule has 7 nitrogen and oxygen atoms in total. The summed E-state index contributed by atoms with van der Waals surface area (Å²) in [7, 11) is 0. The molecule has 2 aromatic carbocycles. The van der Waals surface area contributed by atoms with Gasteiger partial charge in [-0.1, -0.05) is 24.3 Å². The predicted molar refractivity (Wildman–Crippen MR) is 125 cm³/mol. The number of hydrogen-bond acceptors (Lipinski definition) is 4. The van der Waals surface area contributed by atoms with E-state index in [9.17, 15) is 14.4 Å². The molecule has 3 aliphatic rings. The van der Waals surface area contributed by atoms with E-state index in [-0.39, 0.29) is 30.7 Å². The van der Waals surface area contributed by atoms with E-state index in [1.54, 1.807) is 9.80 Å². The minimum absolute atomic E-state index is 0.0402. The topological polar surface area (TPSA) is 70.2 Å². The fraction of sp³-hybridized carbons (Fsp3) is 0.423. The molecule has 2 saturated heterocycles. The Morgan fingerprint density at radius 1 is 0.909 bits per heavy atom.